The summed E-state index contributed by atoms with van der Waals surface area (Å²) in [6.45, 7) is 5.45. The van der Waals surface area contributed by atoms with Crippen molar-refractivity contribution in [2.75, 3.05) is 24.5 Å². The fraction of sp³-hybridized carbons (Fsp3) is 0.308. The van der Waals surface area contributed by atoms with Crippen LogP contribution in [0.3, 0.4) is 0 Å². The first-order valence-electron chi connectivity index (χ1n) is 11.4. The van der Waals surface area contributed by atoms with Crippen LogP contribution in [0.4, 0.5) is 5.69 Å². The third-order valence-corrected chi connectivity index (χ3v) is 6.37. The molecule has 3 aromatic carbocycles. The molecule has 1 heterocycles. The molecule has 1 saturated heterocycles. The normalized spacial score (nSPS) is 16.3. The highest BCUT2D eigenvalue weighted by atomic mass is 35.5. The minimum atomic E-state index is -0.732. The van der Waals surface area contributed by atoms with Crippen LogP contribution in [-0.2, 0) is 16.1 Å². The largest absolute Gasteiger partial charge is 0.507 e. The Morgan fingerprint density at radius 3 is 2.74 bits per heavy atom. The molecule has 0 spiro atoms. The second kappa shape index (κ2) is 11.6. The Hall–Kier alpha value is -3.00. The number of anilines is 1. The van der Waals surface area contributed by atoms with Gasteiger partial charge in [0.2, 0.25) is 11.8 Å². The van der Waals surface area contributed by atoms with Gasteiger partial charge in [-0.15, -0.1) is 12.4 Å². The monoisotopic (exact) mass is 516 g/mol. The highest BCUT2D eigenvalue weighted by Crippen LogP contribution is 2.28. The Morgan fingerprint density at radius 1 is 1.20 bits per heavy atom. The van der Waals surface area contributed by atoms with E-state index in [9.17, 15) is 14.7 Å². The summed E-state index contributed by atoms with van der Waals surface area (Å²) in [6, 6.07) is 16.5. The quantitative estimate of drug-likeness (QED) is 0.402. The second-order valence-electron chi connectivity index (χ2n) is 8.63. The van der Waals surface area contributed by atoms with Gasteiger partial charge in [0.15, 0.2) is 0 Å². The molecule has 9 heteroatoms. The number of nitrogens with zero attached hydrogens (tertiary/aromatic N) is 1. The van der Waals surface area contributed by atoms with Gasteiger partial charge >= 0.3 is 0 Å². The van der Waals surface area contributed by atoms with E-state index in [1.807, 2.05) is 18.2 Å². The van der Waals surface area contributed by atoms with Crippen molar-refractivity contribution in [3.63, 3.8) is 0 Å². The summed E-state index contributed by atoms with van der Waals surface area (Å²) in [5, 5.41) is 21.8. The maximum Gasteiger partial charge on any atom is 0.242 e. The molecular weight excluding hydrogens is 487 g/mol. The number of rotatable bonds is 6. The summed E-state index contributed by atoms with van der Waals surface area (Å²) in [5.74, 6) is -0.470. The molecule has 7 nitrogen and oxygen atoms in total. The van der Waals surface area contributed by atoms with Gasteiger partial charge in [-0.1, -0.05) is 48.0 Å². The van der Waals surface area contributed by atoms with Crippen molar-refractivity contribution in [1.82, 2.24) is 16.0 Å². The molecule has 1 aliphatic rings. The van der Waals surface area contributed by atoms with E-state index in [0.29, 0.717) is 29.2 Å². The van der Waals surface area contributed by atoms with Crippen molar-refractivity contribution in [3.8, 4) is 5.75 Å². The Kier molecular flexibility index (Phi) is 8.83. The van der Waals surface area contributed by atoms with Crippen LogP contribution in [0, 0.1) is 6.92 Å². The number of phenols is 1. The minimum absolute atomic E-state index is 0. The van der Waals surface area contributed by atoms with Gasteiger partial charge in [0.1, 0.15) is 17.8 Å². The summed E-state index contributed by atoms with van der Waals surface area (Å²) in [5.41, 5.74) is 2.26. The maximum absolute atomic E-state index is 12.9. The number of benzene rings is 3. The van der Waals surface area contributed by atoms with Crippen molar-refractivity contribution >= 4 is 52.3 Å². The first-order valence-corrected chi connectivity index (χ1v) is 11.7. The molecule has 0 radical (unpaired) electrons. The SMILES string of the molecule is Cc1cc(Cl)cc(CNC(=O)[C@H](C)NC(=O)[C@H]2CN(c3cccc4ccccc34)CCN2)c1O.Cl. The van der Waals surface area contributed by atoms with Gasteiger partial charge in [0.25, 0.3) is 0 Å². The zero-order valence-electron chi connectivity index (χ0n) is 19.7. The molecule has 2 atom stereocenters. The Bertz CT molecular complexity index is 1220. The summed E-state index contributed by atoms with van der Waals surface area (Å²) in [7, 11) is 0. The fourth-order valence-corrected chi connectivity index (χ4v) is 4.58. The van der Waals surface area contributed by atoms with E-state index in [0.717, 1.165) is 23.0 Å². The average molecular weight is 517 g/mol. The van der Waals surface area contributed by atoms with E-state index in [4.69, 9.17) is 11.6 Å². The Balaban J connectivity index is 0.00000342. The number of phenolic OH excluding ortho intramolecular Hbond substituents is 1. The molecule has 0 aromatic heterocycles. The van der Waals surface area contributed by atoms with Gasteiger partial charge in [-0.05, 0) is 43.0 Å². The Labute approximate surface area is 216 Å². The smallest absolute Gasteiger partial charge is 0.242 e. The van der Waals surface area contributed by atoms with Gasteiger partial charge in [0.05, 0.1) is 0 Å². The number of hydrogen-bond donors (Lipinski definition) is 4. The van der Waals surface area contributed by atoms with Crippen LogP contribution in [0.1, 0.15) is 18.1 Å². The highest BCUT2D eigenvalue weighted by Gasteiger charge is 2.28. The first kappa shape index (κ1) is 26.6. The van der Waals surface area contributed by atoms with Crippen molar-refractivity contribution < 1.29 is 14.7 Å². The number of nitrogens with one attached hydrogen (secondary N) is 3. The summed E-state index contributed by atoms with van der Waals surface area (Å²) in [4.78, 5) is 27.7. The van der Waals surface area contributed by atoms with Crippen LogP contribution < -0.4 is 20.9 Å². The molecular formula is C26H30Cl2N4O3. The van der Waals surface area contributed by atoms with Gasteiger partial charge < -0.3 is 26.0 Å². The highest BCUT2D eigenvalue weighted by molar-refractivity contribution is 6.30. The van der Waals surface area contributed by atoms with Gasteiger partial charge in [-0.3, -0.25) is 9.59 Å². The molecule has 186 valence electrons. The lowest BCUT2D eigenvalue weighted by atomic mass is 10.1. The van der Waals surface area contributed by atoms with Crippen LogP contribution in [0.15, 0.2) is 54.6 Å². The topological polar surface area (TPSA) is 93.7 Å². The number of carbonyl (C=O) groups excluding carboxylic acids is 2. The van der Waals surface area contributed by atoms with E-state index in [2.05, 4.69) is 45.1 Å². The molecule has 4 N–H and O–H groups in total. The number of fused-ring (bicyclic) bond motifs is 1. The van der Waals surface area contributed by atoms with Crippen LogP contribution in [0.2, 0.25) is 5.02 Å². The first-order chi connectivity index (χ1) is 16.3. The lowest BCUT2D eigenvalue weighted by Crippen LogP contribution is -2.59. The van der Waals surface area contributed by atoms with Crippen LogP contribution in [0.25, 0.3) is 10.8 Å². The maximum atomic E-state index is 12.9. The number of aromatic hydroxyl groups is 1. The molecule has 3 aromatic rings. The molecule has 0 saturated carbocycles. The lowest BCUT2D eigenvalue weighted by Gasteiger charge is -2.35. The van der Waals surface area contributed by atoms with Crippen LogP contribution >= 0.6 is 24.0 Å². The van der Waals surface area contributed by atoms with E-state index < -0.39 is 12.1 Å². The molecule has 0 bridgehead atoms. The predicted molar refractivity (Wildman–Crippen MR) is 143 cm³/mol. The van der Waals surface area contributed by atoms with E-state index in [1.165, 1.54) is 0 Å². The zero-order valence-corrected chi connectivity index (χ0v) is 21.2. The van der Waals surface area contributed by atoms with Gasteiger partial charge in [-0.2, -0.15) is 0 Å². The number of carbonyl (C=O) groups is 2. The second-order valence-corrected chi connectivity index (χ2v) is 9.07. The number of aryl methyl sites for hydroxylation is 1. The number of halogens is 2. The molecule has 1 fully saturated rings. The van der Waals surface area contributed by atoms with E-state index in [-0.39, 0.29) is 36.5 Å². The third-order valence-electron chi connectivity index (χ3n) is 6.15. The van der Waals surface area contributed by atoms with Gasteiger partial charge in [-0.25, -0.2) is 0 Å². The summed E-state index contributed by atoms with van der Waals surface area (Å²) in [6.07, 6.45) is 0. The van der Waals surface area contributed by atoms with Gasteiger partial charge in [0, 0.05) is 47.8 Å². The van der Waals surface area contributed by atoms with Crippen molar-refractivity contribution in [3.05, 3.63) is 70.7 Å². The molecule has 0 aliphatic carbocycles. The number of piperazine rings is 1. The van der Waals surface area contributed by atoms with Crippen LogP contribution in [0.5, 0.6) is 5.75 Å². The zero-order chi connectivity index (χ0) is 24.2. The molecule has 0 unspecified atom stereocenters. The molecule has 2 amide bonds. The Morgan fingerprint density at radius 2 is 1.94 bits per heavy atom. The van der Waals surface area contributed by atoms with Crippen molar-refractivity contribution in [1.29, 1.82) is 0 Å². The third kappa shape index (κ3) is 6.17. The van der Waals surface area contributed by atoms with E-state index in [1.54, 1.807) is 26.0 Å². The standard InChI is InChI=1S/C26H29ClN4O3.ClH/c1-16-12-20(27)13-19(24(16)32)14-29-25(33)17(2)30-26(34)22-15-31(11-10-28-22)23-9-5-7-18-6-3-4-8-21(18)23;/h3-9,12-13,17,22,28,32H,10-11,14-15H2,1-2H3,(H,29,33)(H,30,34);1H/t17-,22+;/m0./s1. The predicted octanol–water partition coefficient (Wildman–Crippen LogP) is 3.53. The van der Waals surface area contributed by atoms with E-state index >= 15 is 0 Å². The number of amides is 2. The number of hydrogen-bond acceptors (Lipinski definition) is 5. The molecule has 35 heavy (non-hydrogen) atoms. The molecule has 1 aliphatic heterocycles. The summed E-state index contributed by atoms with van der Waals surface area (Å²) >= 11 is 6.05. The average Bonchev–Trinajstić information content (AvgIpc) is 2.84. The summed E-state index contributed by atoms with van der Waals surface area (Å²) < 4.78 is 0. The van der Waals surface area contributed by atoms with Crippen molar-refractivity contribution in [2.45, 2.75) is 32.5 Å². The molecule has 4 rings (SSSR count). The lowest BCUT2D eigenvalue weighted by molar-refractivity contribution is -0.129. The van der Waals surface area contributed by atoms with Crippen LogP contribution in [-0.4, -0.2) is 48.6 Å². The minimum Gasteiger partial charge on any atom is -0.507 e. The van der Waals surface area contributed by atoms with Crippen molar-refractivity contribution in [2.24, 2.45) is 0 Å². The fourth-order valence-electron chi connectivity index (χ4n) is 4.28.